The normalized spacial score (nSPS) is 18.5. The van der Waals surface area contributed by atoms with Crippen LogP contribution in [-0.4, -0.2) is 11.8 Å². The second-order valence-electron chi connectivity index (χ2n) is 6.50. The van der Waals surface area contributed by atoms with Gasteiger partial charge >= 0.3 is 5.91 Å². The number of para-hydroxylation sites is 1. The van der Waals surface area contributed by atoms with Crippen molar-refractivity contribution in [1.29, 1.82) is 0 Å². The van der Waals surface area contributed by atoms with Crippen LogP contribution in [-0.2, 0) is 4.79 Å². The molecular formula is C20H17FN2O3. The van der Waals surface area contributed by atoms with E-state index in [1.165, 1.54) is 12.1 Å². The van der Waals surface area contributed by atoms with Crippen LogP contribution in [0.15, 0.2) is 52.9 Å². The van der Waals surface area contributed by atoms with Gasteiger partial charge in [-0.05, 0) is 43.0 Å². The van der Waals surface area contributed by atoms with Crippen LogP contribution in [0.2, 0.25) is 0 Å². The summed E-state index contributed by atoms with van der Waals surface area (Å²) in [4.78, 5) is 24.5. The molecule has 2 amide bonds. The number of carbonyl (C=O) groups is 2. The average Bonchev–Trinajstić information content (AvgIpc) is 3.38. The summed E-state index contributed by atoms with van der Waals surface area (Å²) < 4.78 is 18.5. The molecule has 5 nitrogen and oxygen atoms in total. The average molecular weight is 352 g/mol. The third-order valence-corrected chi connectivity index (χ3v) is 4.77. The standard InChI is InChI=1S/C20H17FN2O3/c1-11-14-4-2-3-5-17(14)26-18(11)20(25)23-22-19(24)16-10-15(16)12-6-8-13(21)9-7-12/h2-9,15-16H,10H2,1H3,(H,22,24)(H,23,25). The van der Waals surface area contributed by atoms with Crippen molar-refractivity contribution < 1.29 is 18.4 Å². The molecule has 0 spiro atoms. The summed E-state index contributed by atoms with van der Waals surface area (Å²) in [5.41, 5.74) is 7.14. The molecule has 1 heterocycles. The van der Waals surface area contributed by atoms with Crippen LogP contribution >= 0.6 is 0 Å². The minimum atomic E-state index is -0.494. The third kappa shape index (κ3) is 2.94. The van der Waals surface area contributed by atoms with Gasteiger partial charge in [-0.3, -0.25) is 20.4 Å². The zero-order valence-electron chi connectivity index (χ0n) is 14.1. The number of carbonyl (C=O) groups excluding carboxylic acids is 2. The number of benzene rings is 2. The molecule has 0 radical (unpaired) electrons. The first-order chi connectivity index (χ1) is 12.5. The van der Waals surface area contributed by atoms with Crippen molar-refractivity contribution >= 4 is 22.8 Å². The minimum absolute atomic E-state index is 0.0560. The summed E-state index contributed by atoms with van der Waals surface area (Å²) in [6.45, 7) is 1.80. The van der Waals surface area contributed by atoms with E-state index in [2.05, 4.69) is 10.9 Å². The Bertz CT molecular complexity index is 994. The molecule has 2 unspecified atom stereocenters. The number of rotatable bonds is 3. The van der Waals surface area contributed by atoms with E-state index < -0.39 is 5.91 Å². The van der Waals surface area contributed by atoms with Crippen LogP contribution < -0.4 is 10.9 Å². The van der Waals surface area contributed by atoms with E-state index in [0.717, 1.165) is 16.5 Å². The molecule has 1 aromatic heterocycles. The lowest BCUT2D eigenvalue weighted by Gasteiger charge is -2.06. The first-order valence-corrected chi connectivity index (χ1v) is 8.38. The van der Waals surface area contributed by atoms with Crippen molar-refractivity contribution in [2.75, 3.05) is 0 Å². The molecule has 1 aliphatic carbocycles. The predicted molar refractivity (Wildman–Crippen MR) is 93.8 cm³/mol. The van der Waals surface area contributed by atoms with E-state index in [1.54, 1.807) is 25.1 Å². The van der Waals surface area contributed by atoms with Crippen molar-refractivity contribution in [1.82, 2.24) is 10.9 Å². The van der Waals surface area contributed by atoms with Crippen LogP contribution in [0.4, 0.5) is 4.39 Å². The minimum Gasteiger partial charge on any atom is -0.451 e. The van der Waals surface area contributed by atoms with Crippen molar-refractivity contribution in [3.63, 3.8) is 0 Å². The highest BCUT2D eigenvalue weighted by Crippen LogP contribution is 2.47. The van der Waals surface area contributed by atoms with E-state index in [1.807, 2.05) is 18.2 Å². The van der Waals surface area contributed by atoms with Crippen LogP contribution in [0.5, 0.6) is 0 Å². The highest BCUT2D eigenvalue weighted by atomic mass is 19.1. The number of furan rings is 1. The molecule has 1 saturated carbocycles. The number of fused-ring (bicyclic) bond motifs is 1. The van der Waals surface area contributed by atoms with Gasteiger partial charge in [0.1, 0.15) is 11.4 Å². The Morgan fingerprint density at radius 2 is 1.81 bits per heavy atom. The van der Waals surface area contributed by atoms with E-state index in [0.29, 0.717) is 12.0 Å². The lowest BCUT2D eigenvalue weighted by atomic mass is 10.1. The molecule has 6 heteroatoms. The molecule has 0 aliphatic heterocycles. The van der Waals surface area contributed by atoms with Crippen LogP contribution in [0, 0.1) is 18.7 Å². The van der Waals surface area contributed by atoms with Gasteiger partial charge in [-0.25, -0.2) is 4.39 Å². The number of halogens is 1. The van der Waals surface area contributed by atoms with Crippen molar-refractivity contribution in [2.24, 2.45) is 5.92 Å². The van der Waals surface area contributed by atoms with E-state index >= 15 is 0 Å². The summed E-state index contributed by atoms with van der Waals surface area (Å²) in [5.74, 6) is -1.05. The number of nitrogens with one attached hydrogen (secondary N) is 2. The number of hydrazine groups is 1. The Kier molecular flexibility index (Phi) is 3.95. The van der Waals surface area contributed by atoms with Crippen molar-refractivity contribution in [3.8, 4) is 0 Å². The summed E-state index contributed by atoms with van der Waals surface area (Å²) >= 11 is 0. The van der Waals surface area contributed by atoms with Crippen molar-refractivity contribution in [2.45, 2.75) is 19.3 Å². The molecule has 3 aromatic rings. The Balaban J connectivity index is 1.38. The Morgan fingerprint density at radius 3 is 2.54 bits per heavy atom. The molecule has 132 valence electrons. The van der Waals surface area contributed by atoms with Gasteiger partial charge in [0.25, 0.3) is 0 Å². The lowest BCUT2D eigenvalue weighted by Crippen LogP contribution is -2.42. The highest BCUT2D eigenvalue weighted by Gasteiger charge is 2.44. The molecule has 1 fully saturated rings. The fourth-order valence-corrected chi connectivity index (χ4v) is 3.22. The van der Waals surface area contributed by atoms with Gasteiger partial charge in [0.15, 0.2) is 5.76 Å². The van der Waals surface area contributed by atoms with Gasteiger partial charge in [-0.15, -0.1) is 0 Å². The number of hydrogen-bond donors (Lipinski definition) is 2. The van der Waals surface area contributed by atoms with Crippen LogP contribution in [0.25, 0.3) is 11.0 Å². The quantitative estimate of drug-likeness (QED) is 0.709. The summed E-state index contributed by atoms with van der Waals surface area (Å²) in [6, 6.07) is 13.5. The zero-order chi connectivity index (χ0) is 18.3. The molecule has 2 N–H and O–H groups in total. The summed E-state index contributed by atoms with van der Waals surface area (Å²) in [7, 11) is 0. The molecule has 4 rings (SSSR count). The van der Waals surface area contributed by atoms with Crippen LogP contribution in [0.1, 0.15) is 34.0 Å². The highest BCUT2D eigenvalue weighted by molar-refractivity contribution is 5.99. The van der Waals surface area contributed by atoms with E-state index in [9.17, 15) is 14.0 Å². The molecule has 2 atom stereocenters. The Morgan fingerprint density at radius 1 is 1.08 bits per heavy atom. The lowest BCUT2D eigenvalue weighted by molar-refractivity contribution is -0.123. The summed E-state index contributed by atoms with van der Waals surface area (Å²) in [5, 5.41) is 0.863. The molecule has 0 bridgehead atoms. The smallest absolute Gasteiger partial charge is 0.305 e. The summed E-state index contributed by atoms with van der Waals surface area (Å²) in [6.07, 6.45) is 0.678. The molecule has 0 saturated heterocycles. The van der Waals surface area contributed by atoms with Gasteiger partial charge in [0, 0.05) is 16.9 Å². The second-order valence-corrected chi connectivity index (χ2v) is 6.50. The van der Waals surface area contributed by atoms with E-state index in [4.69, 9.17) is 4.42 Å². The Labute approximate surface area is 149 Å². The first kappa shape index (κ1) is 16.3. The third-order valence-electron chi connectivity index (χ3n) is 4.77. The number of amides is 2. The predicted octanol–water partition coefficient (Wildman–Crippen LogP) is 3.45. The zero-order valence-corrected chi connectivity index (χ0v) is 14.1. The largest absolute Gasteiger partial charge is 0.451 e. The van der Waals surface area contributed by atoms with E-state index in [-0.39, 0.29) is 29.3 Å². The van der Waals surface area contributed by atoms with Gasteiger partial charge in [-0.1, -0.05) is 30.3 Å². The SMILES string of the molecule is Cc1c(C(=O)NNC(=O)C2CC2c2ccc(F)cc2)oc2ccccc12. The monoisotopic (exact) mass is 352 g/mol. The second kappa shape index (κ2) is 6.29. The number of hydrogen-bond acceptors (Lipinski definition) is 3. The maximum Gasteiger partial charge on any atom is 0.305 e. The van der Waals surface area contributed by atoms with Gasteiger partial charge in [0.05, 0.1) is 0 Å². The topological polar surface area (TPSA) is 71.3 Å². The molecule has 26 heavy (non-hydrogen) atoms. The Hall–Kier alpha value is -3.15. The van der Waals surface area contributed by atoms with Crippen molar-refractivity contribution in [3.05, 3.63) is 71.2 Å². The molecular weight excluding hydrogens is 335 g/mol. The fourth-order valence-electron chi connectivity index (χ4n) is 3.22. The van der Waals surface area contributed by atoms with Gasteiger partial charge in [0.2, 0.25) is 5.91 Å². The van der Waals surface area contributed by atoms with Crippen LogP contribution in [0.3, 0.4) is 0 Å². The molecule has 2 aromatic carbocycles. The van der Waals surface area contributed by atoms with Gasteiger partial charge < -0.3 is 4.42 Å². The molecule has 1 aliphatic rings. The maximum atomic E-state index is 13.0. The maximum absolute atomic E-state index is 13.0. The number of aryl methyl sites for hydroxylation is 1. The fraction of sp³-hybridized carbons (Fsp3) is 0.200. The first-order valence-electron chi connectivity index (χ1n) is 8.38. The van der Waals surface area contributed by atoms with Gasteiger partial charge in [-0.2, -0.15) is 0 Å².